The zero-order chi connectivity index (χ0) is 16.7. The van der Waals surface area contributed by atoms with E-state index in [9.17, 15) is 14.3 Å². The Morgan fingerprint density at radius 3 is 2.83 bits per heavy atom. The Hall–Kier alpha value is -1.50. The number of carbonyl (C=O) groups is 1. The molecule has 0 radical (unpaired) electrons. The molecule has 1 saturated heterocycles. The molecule has 1 amide bonds. The van der Waals surface area contributed by atoms with Crippen molar-refractivity contribution in [3.8, 4) is 0 Å². The molecule has 0 aromatic heterocycles. The van der Waals surface area contributed by atoms with E-state index in [1.165, 1.54) is 12.1 Å². The second-order valence-corrected chi connectivity index (χ2v) is 6.04. The zero-order valence-electron chi connectivity index (χ0n) is 13.4. The van der Waals surface area contributed by atoms with Crippen LogP contribution >= 0.6 is 0 Å². The molecule has 3 atom stereocenters. The molecule has 1 heterocycles. The monoisotopic (exact) mass is 324 g/mol. The van der Waals surface area contributed by atoms with Gasteiger partial charge in [0.05, 0.1) is 18.8 Å². The molecule has 6 heteroatoms. The summed E-state index contributed by atoms with van der Waals surface area (Å²) in [5.74, 6) is -0.443. The van der Waals surface area contributed by atoms with Crippen LogP contribution in [0.4, 0.5) is 4.39 Å². The molecule has 0 bridgehead atoms. The number of carbonyl (C=O) groups excluding carboxylic acids is 1. The number of amides is 1. The molecule has 1 aromatic carbocycles. The smallest absolute Gasteiger partial charge is 0.234 e. The van der Waals surface area contributed by atoms with Gasteiger partial charge in [0, 0.05) is 19.2 Å². The predicted molar refractivity (Wildman–Crippen MR) is 85.4 cm³/mol. The highest BCUT2D eigenvalue weighted by Crippen LogP contribution is 2.18. The van der Waals surface area contributed by atoms with E-state index in [0.29, 0.717) is 18.5 Å². The number of ether oxygens (including phenoxy) is 1. The van der Waals surface area contributed by atoms with E-state index < -0.39 is 6.10 Å². The van der Waals surface area contributed by atoms with Crippen LogP contribution < -0.4 is 10.6 Å². The fourth-order valence-electron chi connectivity index (χ4n) is 2.69. The van der Waals surface area contributed by atoms with E-state index in [1.807, 2.05) is 6.92 Å². The number of hydrogen-bond acceptors (Lipinski definition) is 4. The first-order valence-electron chi connectivity index (χ1n) is 8.10. The molecule has 1 aliphatic heterocycles. The molecule has 128 valence electrons. The fraction of sp³-hybridized carbons (Fsp3) is 0.588. The van der Waals surface area contributed by atoms with Crippen molar-refractivity contribution in [2.75, 3.05) is 19.7 Å². The number of nitrogens with one attached hydrogen (secondary N) is 2. The van der Waals surface area contributed by atoms with Gasteiger partial charge in [-0.3, -0.25) is 4.79 Å². The molecule has 1 aliphatic rings. The van der Waals surface area contributed by atoms with Crippen molar-refractivity contribution in [1.82, 2.24) is 10.6 Å². The lowest BCUT2D eigenvalue weighted by atomic mass is 10.0. The largest absolute Gasteiger partial charge is 0.388 e. The van der Waals surface area contributed by atoms with E-state index in [0.717, 1.165) is 19.4 Å². The minimum Gasteiger partial charge on any atom is -0.388 e. The van der Waals surface area contributed by atoms with Gasteiger partial charge in [0.25, 0.3) is 0 Å². The number of hydrogen-bond donors (Lipinski definition) is 3. The van der Waals surface area contributed by atoms with Crippen LogP contribution in [-0.2, 0) is 9.53 Å². The Balaban J connectivity index is 1.65. The number of halogens is 1. The molecular formula is C17H25FN2O3. The van der Waals surface area contributed by atoms with Crippen LogP contribution in [0.2, 0.25) is 0 Å². The summed E-state index contributed by atoms with van der Waals surface area (Å²) in [5.41, 5.74) is 0.643. The maximum Gasteiger partial charge on any atom is 0.234 e. The van der Waals surface area contributed by atoms with Gasteiger partial charge in [-0.15, -0.1) is 0 Å². The van der Waals surface area contributed by atoms with Gasteiger partial charge in [0.15, 0.2) is 0 Å². The summed E-state index contributed by atoms with van der Waals surface area (Å²) in [6.07, 6.45) is 1.97. The topological polar surface area (TPSA) is 70.6 Å². The summed E-state index contributed by atoms with van der Waals surface area (Å²) in [7, 11) is 0. The highest BCUT2D eigenvalue weighted by Gasteiger charge is 2.17. The van der Waals surface area contributed by atoms with Crippen LogP contribution in [0, 0.1) is 5.82 Å². The lowest BCUT2D eigenvalue weighted by molar-refractivity contribution is -0.121. The van der Waals surface area contributed by atoms with E-state index in [1.54, 1.807) is 12.1 Å². The van der Waals surface area contributed by atoms with Crippen LogP contribution in [0.3, 0.4) is 0 Å². The molecule has 1 fully saturated rings. The van der Waals surface area contributed by atoms with Crippen molar-refractivity contribution in [2.45, 2.75) is 44.4 Å². The molecule has 5 nitrogen and oxygen atoms in total. The van der Waals surface area contributed by atoms with Crippen molar-refractivity contribution in [3.63, 3.8) is 0 Å². The SMILES string of the molecule is CC(CC(O)c1ccc(F)cc1)NC(=O)CNCC1CCCO1. The summed E-state index contributed by atoms with van der Waals surface area (Å²) in [4.78, 5) is 11.8. The number of aliphatic hydroxyl groups is 1. The van der Waals surface area contributed by atoms with Crippen molar-refractivity contribution < 1.29 is 19.0 Å². The number of rotatable bonds is 8. The van der Waals surface area contributed by atoms with Gasteiger partial charge in [-0.1, -0.05) is 12.1 Å². The Bertz CT molecular complexity index is 489. The molecule has 3 N–H and O–H groups in total. The van der Waals surface area contributed by atoms with Gasteiger partial charge < -0.3 is 20.5 Å². The van der Waals surface area contributed by atoms with Gasteiger partial charge in [0.2, 0.25) is 5.91 Å². The molecule has 23 heavy (non-hydrogen) atoms. The molecule has 2 rings (SSSR count). The van der Waals surface area contributed by atoms with Gasteiger partial charge in [-0.25, -0.2) is 4.39 Å². The molecule has 0 saturated carbocycles. The Morgan fingerprint density at radius 1 is 1.43 bits per heavy atom. The molecule has 0 aliphatic carbocycles. The fourth-order valence-corrected chi connectivity index (χ4v) is 2.69. The van der Waals surface area contributed by atoms with E-state index >= 15 is 0 Å². The van der Waals surface area contributed by atoms with E-state index in [4.69, 9.17) is 4.74 Å². The highest BCUT2D eigenvalue weighted by molar-refractivity contribution is 5.78. The molecule has 1 aromatic rings. The Kier molecular flexibility index (Phi) is 6.95. The van der Waals surface area contributed by atoms with E-state index in [-0.39, 0.29) is 30.4 Å². The average molecular weight is 324 g/mol. The summed E-state index contributed by atoms with van der Waals surface area (Å²) < 4.78 is 18.3. The van der Waals surface area contributed by atoms with Gasteiger partial charge in [0.1, 0.15) is 5.82 Å². The van der Waals surface area contributed by atoms with E-state index in [2.05, 4.69) is 10.6 Å². The summed E-state index contributed by atoms with van der Waals surface area (Å²) in [6.45, 7) is 3.55. The minimum absolute atomic E-state index is 0.109. The first-order valence-corrected chi connectivity index (χ1v) is 8.10. The third-order valence-electron chi connectivity index (χ3n) is 3.92. The summed E-state index contributed by atoms with van der Waals surface area (Å²) >= 11 is 0. The lowest BCUT2D eigenvalue weighted by Crippen LogP contribution is -2.41. The second kappa shape index (κ2) is 8.96. The quantitative estimate of drug-likeness (QED) is 0.678. The van der Waals surface area contributed by atoms with Crippen molar-refractivity contribution in [2.24, 2.45) is 0 Å². The van der Waals surface area contributed by atoms with Gasteiger partial charge in [-0.2, -0.15) is 0 Å². The molecule has 3 unspecified atom stereocenters. The average Bonchev–Trinajstić information content (AvgIpc) is 3.01. The highest BCUT2D eigenvalue weighted by atomic mass is 19.1. The maximum atomic E-state index is 12.9. The Labute approximate surface area is 136 Å². The summed E-state index contributed by atoms with van der Waals surface area (Å²) in [5, 5.41) is 16.0. The van der Waals surface area contributed by atoms with Gasteiger partial charge >= 0.3 is 0 Å². The third kappa shape index (κ3) is 6.25. The maximum absolute atomic E-state index is 12.9. The minimum atomic E-state index is -0.731. The second-order valence-electron chi connectivity index (χ2n) is 6.04. The molecule has 0 spiro atoms. The normalized spacial score (nSPS) is 20.2. The van der Waals surface area contributed by atoms with Crippen LogP contribution in [0.5, 0.6) is 0 Å². The number of benzene rings is 1. The Morgan fingerprint density at radius 2 is 2.17 bits per heavy atom. The molecular weight excluding hydrogens is 299 g/mol. The van der Waals surface area contributed by atoms with Crippen LogP contribution in [0.15, 0.2) is 24.3 Å². The van der Waals surface area contributed by atoms with Crippen LogP contribution in [0.25, 0.3) is 0 Å². The van der Waals surface area contributed by atoms with Crippen LogP contribution in [-0.4, -0.2) is 42.9 Å². The van der Waals surface area contributed by atoms with Crippen molar-refractivity contribution in [1.29, 1.82) is 0 Å². The zero-order valence-corrected chi connectivity index (χ0v) is 13.4. The van der Waals surface area contributed by atoms with Crippen molar-refractivity contribution >= 4 is 5.91 Å². The summed E-state index contributed by atoms with van der Waals surface area (Å²) in [6, 6.07) is 5.57. The standard InChI is InChI=1S/C17H25FN2O3/c1-12(9-16(21)13-4-6-14(18)7-5-13)20-17(22)11-19-10-15-3-2-8-23-15/h4-7,12,15-16,19,21H,2-3,8-11H2,1H3,(H,20,22). The first-order chi connectivity index (χ1) is 11.0. The number of aliphatic hydroxyl groups excluding tert-OH is 1. The van der Waals surface area contributed by atoms with Crippen LogP contribution in [0.1, 0.15) is 37.9 Å². The van der Waals surface area contributed by atoms with Gasteiger partial charge in [-0.05, 0) is 43.9 Å². The predicted octanol–water partition coefficient (Wildman–Crippen LogP) is 1.52. The third-order valence-corrected chi connectivity index (χ3v) is 3.92. The van der Waals surface area contributed by atoms with Crippen molar-refractivity contribution in [3.05, 3.63) is 35.6 Å². The first kappa shape index (κ1) is 17.8. The lowest BCUT2D eigenvalue weighted by Gasteiger charge is -2.19.